The molecule has 20 heavy (non-hydrogen) atoms. The van der Waals surface area contributed by atoms with E-state index < -0.39 is 0 Å². The van der Waals surface area contributed by atoms with Crippen molar-refractivity contribution in [2.45, 2.75) is 31.8 Å². The molecule has 1 atom stereocenters. The SMILES string of the molecule is COC[C@@H]1CC2(CCN(Cc3cccs3)CC2)CN1C. The Balaban J connectivity index is 1.53. The molecule has 0 bridgehead atoms. The van der Waals surface area contributed by atoms with Crippen molar-refractivity contribution >= 4 is 11.3 Å². The summed E-state index contributed by atoms with van der Waals surface area (Å²) in [6, 6.07) is 5.04. The van der Waals surface area contributed by atoms with Crippen molar-refractivity contribution in [1.82, 2.24) is 9.80 Å². The molecular formula is C16H26N2OS. The van der Waals surface area contributed by atoms with Crippen molar-refractivity contribution < 1.29 is 4.74 Å². The summed E-state index contributed by atoms with van der Waals surface area (Å²) in [6.45, 7) is 5.80. The summed E-state index contributed by atoms with van der Waals surface area (Å²) in [7, 11) is 4.08. The third kappa shape index (κ3) is 3.08. The molecule has 3 heterocycles. The van der Waals surface area contributed by atoms with E-state index in [4.69, 9.17) is 4.74 Å². The molecule has 3 nitrogen and oxygen atoms in total. The van der Waals surface area contributed by atoms with E-state index in [9.17, 15) is 0 Å². The lowest BCUT2D eigenvalue weighted by molar-refractivity contribution is 0.105. The molecule has 1 aromatic heterocycles. The molecule has 2 aliphatic heterocycles. The number of thiophene rings is 1. The van der Waals surface area contributed by atoms with Crippen molar-refractivity contribution in [3.05, 3.63) is 22.4 Å². The van der Waals surface area contributed by atoms with E-state index in [-0.39, 0.29) is 0 Å². The van der Waals surface area contributed by atoms with E-state index in [1.54, 1.807) is 0 Å². The van der Waals surface area contributed by atoms with Gasteiger partial charge in [0, 0.05) is 31.1 Å². The van der Waals surface area contributed by atoms with Gasteiger partial charge in [0.2, 0.25) is 0 Å². The van der Waals surface area contributed by atoms with Gasteiger partial charge in [-0.25, -0.2) is 0 Å². The van der Waals surface area contributed by atoms with Gasteiger partial charge in [0.15, 0.2) is 0 Å². The van der Waals surface area contributed by atoms with Gasteiger partial charge in [-0.3, -0.25) is 4.90 Å². The molecule has 2 saturated heterocycles. The first-order chi connectivity index (χ1) is 9.71. The van der Waals surface area contributed by atoms with Crippen LogP contribution in [0.5, 0.6) is 0 Å². The number of piperidine rings is 1. The first-order valence-corrected chi connectivity index (χ1v) is 8.53. The molecule has 0 radical (unpaired) electrons. The van der Waals surface area contributed by atoms with Crippen LogP contribution in [0.2, 0.25) is 0 Å². The molecule has 1 spiro atoms. The van der Waals surface area contributed by atoms with Gasteiger partial charge in [0.05, 0.1) is 6.61 Å². The third-order valence-electron chi connectivity index (χ3n) is 5.11. The van der Waals surface area contributed by atoms with Gasteiger partial charge in [-0.15, -0.1) is 11.3 Å². The van der Waals surface area contributed by atoms with Crippen LogP contribution in [-0.2, 0) is 11.3 Å². The van der Waals surface area contributed by atoms with Crippen LogP contribution in [0.3, 0.4) is 0 Å². The zero-order valence-corrected chi connectivity index (χ0v) is 13.5. The van der Waals surface area contributed by atoms with Crippen LogP contribution in [0.1, 0.15) is 24.1 Å². The summed E-state index contributed by atoms with van der Waals surface area (Å²) in [5, 5.41) is 2.18. The Morgan fingerprint density at radius 3 is 2.85 bits per heavy atom. The van der Waals surface area contributed by atoms with Gasteiger partial charge in [0.1, 0.15) is 0 Å². The minimum Gasteiger partial charge on any atom is -0.383 e. The minimum atomic E-state index is 0.559. The fraction of sp³-hybridized carbons (Fsp3) is 0.750. The number of likely N-dealkylation sites (tertiary alicyclic amines) is 2. The number of ether oxygens (including phenoxy) is 1. The molecule has 0 saturated carbocycles. The van der Waals surface area contributed by atoms with Crippen LogP contribution in [0.25, 0.3) is 0 Å². The molecule has 3 rings (SSSR count). The molecule has 0 aliphatic carbocycles. The zero-order chi connectivity index (χ0) is 14.0. The number of rotatable bonds is 4. The Kier molecular flexibility index (Phi) is 4.46. The number of hydrogen-bond acceptors (Lipinski definition) is 4. The quantitative estimate of drug-likeness (QED) is 0.849. The first-order valence-electron chi connectivity index (χ1n) is 7.65. The summed E-state index contributed by atoms with van der Waals surface area (Å²) in [4.78, 5) is 6.64. The lowest BCUT2D eigenvalue weighted by atomic mass is 9.76. The highest BCUT2D eigenvalue weighted by Crippen LogP contribution is 2.43. The van der Waals surface area contributed by atoms with E-state index in [1.165, 1.54) is 43.8 Å². The normalized spacial score (nSPS) is 27.4. The highest BCUT2D eigenvalue weighted by molar-refractivity contribution is 7.09. The van der Waals surface area contributed by atoms with Gasteiger partial charge >= 0.3 is 0 Å². The number of hydrogen-bond donors (Lipinski definition) is 0. The average Bonchev–Trinajstić information content (AvgIpc) is 3.03. The van der Waals surface area contributed by atoms with E-state index in [0.29, 0.717) is 11.5 Å². The maximum atomic E-state index is 5.37. The topological polar surface area (TPSA) is 15.7 Å². The Bertz CT molecular complexity index is 412. The summed E-state index contributed by atoms with van der Waals surface area (Å²) < 4.78 is 5.37. The Morgan fingerprint density at radius 1 is 1.40 bits per heavy atom. The molecule has 112 valence electrons. The van der Waals surface area contributed by atoms with Crippen LogP contribution in [0.4, 0.5) is 0 Å². The summed E-state index contributed by atoms with van der Waals surface area (Å²) in [5.41, 5.74) is 0.559. The lowest BCUT2D eigenvalue weighted by Crippen LogP contribution is -2.40. The molecule has 0 aromatic carbocycles. The highest BCUT2D eigenvalue weighted by atomic mass is 32.1. The number of likely N-dealkylation sites (N-methyl/N-ethyl adjacent to an activating group) is 1. The Labute approximate surface area is 126 Å². The van der Waals surface area contributed by atoms with Gasteiger partial charge in [-0.05, 0) is 56.3 Å². The minimum absolute atomic E-state index is 0.559. The molecule has 0 N–H and O–H groups in total. The second kappa shape index (κ2) is 6.14. The molecule has 0 amide bonds. The summed E-state index contributed by atoms with van der Waals surface area (Å²) >= 11 is 1.88. The molecule has 1 aromatic rings. The van der Waals surface area contributed by atoms with Gasteiger partial charge in [0.25, 0.3) is 0 Å². The summed E-state index contributed by atoms with van der Waals surface area (Å²) in [5.74, 6) is 0. The van der Waals surface area contributed by atoms with E-state index in [2.05, 4.69) is 34.4 Å². The molecule has 2 fully saturated rings. The Morgan fingerprint density at radius 2 is 2.20 bits per heavy atom. The number of nitrogens with zero attached hydrogens (tertiary/aromatic N) is 2. The largest absolute Gasteiger partial charge is 0.383 e. The summed E-state index contributed by atoms with van der Waals surface area (Å²) in [6.07, 6.45) is 4.02. The van der Waals surface area contributed by atoms with E-state index >= 15 is 0 Å². The van der Waals surface area contributed by atoms with Gasteiger partial charge < -0.3 is 9.64 Å². The van der Waals surface area contributed by atoms with Crippen molar-refractivity contribution in [3.8, 4) is 0 Å². The number of methoxy groups -OCH3 is 1. The monoisotopic (exact) mass is 294 g/mol. The average molecular weight is 294 g/mol. The fourth-order valence-corrected chi connectivity index (χ4v) is 4.67. The van der Waals surface area contributed by atoms with E-state index in [0.717, 1.165) is 13.2 Å². The Hall–Kier alpha value is -0.420. The standard InChI is InChI=1S/C16H26N2OS/c1-17-13-16(10-14(17)12-19-2)5-7-18(8-6-16)11-15-4-3-9-20-15/h3-4,9,14H,5-8,10-13H2,1-2H3/t14-/m0/s1. The molecule has 4 heteroatoms. The van der Waals surface area contributed by atoms with Crippen molar-refractivity contribution in [3.63, 3.8) is 0 Å². The second-order valence-electron chi connectivity index (χ2n) is 6.58. The second-order valence-corrected chi connectivity index (χ2v) is 7.62. The maximum absolute atomic E-state index is 5.37. The third-order valence-corrected chi connectivity index (χ3v) is 5.97. The predicted octanol–water partition coefficient (Wildman–Crippen LogP) is 2.68. The van der Waals surface area contributed by atoms with Gasteiger partial charge in [-0.2, -0.15) is 0 Å². The van der Waals surface area contributed by atoms with Crippen LogP contribution in [0, 0.1) is 5.41 Å². The van der Waals surface area contributed by atoms with Crippen LogP contribution in [0.15, 0.2) is 17.5 Å². The zero-order valence-electron chi connectivity index (χ0n) is 12.7. The maximum Gasteiger partial charge on any atom is 0.0618 e. The van der Waals surface area contributed by atoms with Crippen LogP contribution >= 0.6 is 11.3 Å². The lowest BCUT2D eigenvalue weighted by Gasteiger charge is -2.39. The first kappa shape index (κ1) is 14.5. The smallest absolute Gasteiger partial charge is 0.0618 e. The highest BCUT2D eigenvalue weighted by Gasteiger charge is 2.43. The van der Waals surface area contributed by atoms with Gasteiger partial charge in [-0.1, -0.05) is 6.07 Å². The molecule has 2 aliphatic rings. The van der Waals surface area contributed by atoms with E-state index in [1.807, 2.05) is 18.4 Å². The van der Waals surface area contributed by atoms with Crippen LogP contribution < -0.4 is 0 Å². The van der Waals surface area contributed by atoms with Crippen molar-refractivity contribution in [2.75, 3.05) is 40.4 Å². The van der Waals surface area contributed by atoms with Crippen molar-refractivity contribution in [2.24, 2.45) is 5.41 Å². The fourth-order valence-electron chi connectivity index (χ4n) is 3.93. The molecular weight excluding hydrogens is 268 g/mol. The van der Waals surface area contributed by atoms with Crippen molar-refractivity contribution in [1.29, 1.82) is 0 Å². The van der Waals surface area contributed by atoms with Crippen LogP contribution in [-0.4, -0.2) is 56.2 Å². The molecule has 0 unspecified atom stereocenters. The predicted molar refractivity (Wildman–Crippen MR) is 84.2 cm³/mol.